The first kappa shape index (κ1) is 17.3. The smallest absolute Gasteiger partial charge is 0.258 e. The Morgan fingerprint density at radius 1 is 0.793 bits per heavy atom. The minimum absolute atomic E-state index is 0.251. The van der Waals surface area contributed by atoms with E-state index in [1.165, 1.54) is 5.56 Å². The van der Waals surface area contributed by atoms with Gasteiger partial charge in [0.2, 0.25) is 5.82 Å². The third-order valence-electron chi connectivity index (χ3n) is 4.88. The van der Waals surface area contributed by atoms with Crippen LogP contribution in [0.1, 0.15) is 19.9 Å². The molecule has 29 heavy (non-hydrogen) atoms. The second kappa shape index (κ2) is 6.98. The lowest BCUT2D eigenvalue weighted by Gasteiger charge is -2.04. The Kier molecular flexibility index (Phi) is 4.17. The molecule has 0 spiro atoms. The van der Waals surface area contributed by atoms with E-state index in [1.54, 1.807) is 0 Å². The van der Waals surface area contributed by atoms with Crippen LogP contribution in [-0.4, -0.2) is 25.1 Å². The van der Waals surface area contributed by atoms with Crippen LogP contribution in [0.15, 0.2) is 77.3 Å². The molecule has 5 rings (SSSR count). The minimum atomic E-state index is 0.251. The number of benzene rings is 3. The van der Waals surface area contributed by atoms with Gasteiger partial charge in [-0.2, -0.15) is 4.98 Å². The van der Waals surface area contributed by atoms with Crippen molar-refractivity contribution in [2.45, 2.75) is 19.9 Å². The Hall–Kier alpha value is -3.80. The van der Waals surface area contributed by atoms with Crippen LogP contribution in [0.25, 0.3) is 45.0 Å². The van der Waals surface area contributed by atoms with E-state index >= 15 is 0 Å². The topological polar surface area (TPSA) is 69.6 Å². The number of hydrogen-bond donors (Lipinski definition) is 0. The van der Waals surface area contributed by atoms with Gasteiger partial charge in [0, 0.05) is 17.2 Å². The van der Waals surface area contributed by atoms with Gasteiger partial charge >= 0.3 is 0 Å². The molecule has 0 saturated carbocycles. The molecule has 0 aliphatic carbocycles. The molecule has 3 aromatic carbocycles. The summed E-state index contributed by atoms with van der Waals surface area (Å²) in [7, 11) is 0. The van der Waals surface area contributed by atoms with Crippen molar-refractivity contribution in [3.8, 4) is 34.0 Å². The number of fused-ring (bicyclic) bond motifs is 1. The molecule has 0 aliphatic heterocycles. The lowest BCUT2D eigenvalue weighted by molar-refractivity contribution is 0.432. The molecule has 2 heterocycles. The summed E-state index contributed by atoms with van der Waals surface area (Å²) in [6.45, 7) is 4.16. The SMILES string of the molecule is CC(C)n1nnc2cc(-c3noc(-c4ccc(-c5ccccc5)cc4)n3)ccc21. The van der Waals surface area contributed by atoms with Crippen molar-refractivity contribution in [2.24, 2.45) is 0 Å². The predicted molar refractivity (Wildman–Crippen MR) is 112 cm³/mol. The molecule has 0 aliphatic rings. The molecular formula is C23H19N5O. The highest BCUT2D eigenvalue weighted by atomic mass is 16.5. The molecule has 0 bridgehead atoms. The molecule has 0 radical (unpaired) electrons. The van der Waals surface area contributed by atoms with Gasteiger partial charge in [-0.25, -0.2) is 4.68 Å². The molecular weight excluding hydrogens is 362 g/mol. The summed E-state index contributed by atoms with van der Waals surface area (Å²) in [4.78, 5) is 4.57. The van der Waals surface area contributed by atoms with E-state index < -0.39 is 0 Å². The maximum Gasteiger partial charge on any atom is 0.258 e. The number of aromatic nitrogens is 5. The summed E-state index contributed by atoms with van der Waals surface area (Å²) in [6.07, 6.45) is 0. The molecule has 6 nitrogen and oxygen atoms in total. The van der Waals surface area contributed by atoms with E-state index in [9.17, 15) is 0 Å². The predicted octanol–water partition coefficient (Wildman–Crippen LogP) is 5.40. The lowest BCUT2D eigenvalue weighted by Crippen LogP contribution is -2.02. The van der Waals surface area contributed by atoms with Crippen molar-refractivity contribution in [3.63, 3.8) is 0 Å². The Morgan fingerprint density at radius 2 is 1.48 bits per heavy atom. The lowest BCUT2D eigenvalue weighted by atomic mass is 10.0. The van der Waals surface area contributed by atoms with Crippen LogP contribution in [0.4, 0.5) is 0 Å². The Balaban J connectivity index is 1.44. The molecule has 142 valence electrons. The van der Waals surface area contributed by atoms with Crippen molar-refractivity contribution in [1.82, 2.24) is 25.1 Å². The van der Waals surface area contributed by atoms with E-state index in [-0.39, 0.29) is 6.04 Å². The molecule has 6 heteroatoms. The quantitative estimate of drug-likeness (QED) is 0.417. The summed E-state index contributed by atoms with van der Waals surface area (Å²) in [5.41, 5.74) is 5.86. The van der Waals surface area contributed by atoms with Crippen molar-refractivity contribution >= 4 is 11.0 Å². The zero-order chi connectivity index (χ0) is 19.8. The van der Waals surface area contributed by atoms with Crippen molar-refractivity contribution in [2.75, 3.05) is 0 Å². The molecule has 0 atom stereocenters. The Bertz CT molecular complexity index is 1270. The minimum Gasteiger partial charge on any atom is -0.334 e. The van der Waals surface area contributed by atoms with Gasteiger partial charge in [-0.1, -0.05) is 52.8 Å². The molecule has 0 N–H and O–H groups in total. The highest BCUT2D eigenvalue weighted by molar-refractivity contribution is 5.80. The highest BCUT2D eigenvalue weighted by Gasteiger charge is 2.14. The first-order valence-corrected chi connectivity index (χ1v) is 9.54. The van der Waals surface area contributed by atoms with Crippen LogP contribution in [-0.2, 0) is 0 Å². The van der Waals surface area contributed by atoms with Gasteiger partial charge in [0.05, 0.1) is 5.52 Å². The van der Waals surface area contributed by atoms with Crippen LogP contribution in [0.5, 0.6) is 0 Å². The summed E-state index contributed by atoms with van der Waals surface area (Å²) in [6, 6.07) is 24.5. The van der Waals surface area contributed by atoms with Crippen molar-refractivity contribution in [3.05, 3.63) is 72.8 Å². The normalized spacial score (nSPS) is 11.4. The first-order valence-electron chi connectivity index (χ1n) is 9.54. The van der Waals surface area contributed by atoms with E-state index in [4.69, 9.17) is 4.52 Å². The van der Waals surface area contributed by atoms with Crippen LogP contribution >= 0.6 is 0 Å². The number of rotatable bonds is 4. The van der Waals surface area contributed by atoms with Gasteiger partial charge in [-0.15, -0.1) is 5.10 Å². The molecule has 0 saturated heterocycles. The Morgan fingerprint density at radius 3 is 2.24 bits per heavy atom. The molecule has 0 fully saturated rings. The van der Waals surface area contributed by atoms with Crippen molar-refractivity contribution in [1.29, 1.82) is 0 Å². The first-order chi connectivity index (χ1) is 14.2. The van der Waals surface area contributed by atoms with Crippen LogP contribution < -0.4 is 0 Å². The fourth-order valence-electron chi connectivity index (χ4n) is 3.36. The summed E-state index contributed by atoms with van der Waals surface area (Å²) in [5.74, 6) is 1.03. The van der Waals surface area contributed by atoms with Gasteiger partial charge in [0.25, 0.3) is 5.89 Å². The molecule has 0 amide bonds. The van der Waals surface area contributed by atoms with Crippen LogP contribution in [0.2, 0.25) is 0 Å². The average Bonchev–Trinajstić information content (AvgIpc) is 3.41. The standard InChI is InChI=1S/C23H19N5O/c1-15(2)28-21-13-12-19(14-20(21)25-27-28)22-24-23(29-26-22)18-10-8-17(9-11-18)16-6-4-3-5-7-16/h3-15H,1-2H3. The van der Waals surface area contributed by atoms with Crippen LogP contribution in [0, 0.1) is 0 Å². The summed E-state index contributed by atoms with van der Waals surface area (Å²) < 4.78 is 7.40. The highest BCUT2D eigenvalue weighted by Crippen LogP contribution is 2.27. The molecule has 0 unspecified atom stereocenters. The summed E-state index contributed by atoms with van der Waals surface area (Å²) in [5, 5.41) is 12.6. The Labute approximate surface area is 167 Å². The van der Waals surface area contributed by atoms with E-state index in [1.807, 2.05) is 53.2 Å². The second-order valence-electron chi connectivity index (χ2n) is 7.20. The van der Waals surface area contributed by atoms with E-state index in [0.717, 1.165) is 27.7 Å². The summed E-state index contributed by atoms with van der Waals surface area (Å²) >= 11 is 0. The maximum atomic E-state index is 5.50. The maximum absolute atomic E-state index is 5.50. The van der Waals surface area contributed by atoms with Gasteiger partial charge in [0.1, 0.15) is 5.52 Å². The number of hydrogen-bond acceptors (Lipinski definition) is 5. The van der Waals surface area contributed by atoms with Crippen molar-refractivity contribution < 1.29 is 4.52 Å². The molecule has 5 aromatic rings. The third-order valence-corrected chi connectivity index (χ3v) is 4.88. The fraction of sp³-hybridized carbons (Fsp3) is 0.130. The number of nitrogens with zero attached hydrogens (tertiary/aromatic N) is 5. The monoisotopic (exact) mass is 381 g/mol. The fourth-order valence-corrected chi connectivity index (χ4v) is 3.36. The van der Waals surface area contributed by atoms with Gasteiger partial charge in [0.15, 0.2) is 0 Å². The van der Waals surface area contributed by atoms with E-state index in [2.05, 4.69) is 58.6 Å². The van der Waals surface area contributed by atoms with E-state index in [0.29, 0.717) is 11.7 Å². The third kappa shape index (κ3) is 3.18. The zero-order valence-corrected chi connectivity index (χ0v) is 16.1. The molecule has 2 aromatic heterocycles. The second-order valence-corrected chi connectivity index (χ2v) is 7.20. The average molecular weight is 381 g/mol. The van der Waals surface area contributed by atoms with Gasteiger partial charge in [-0.05, 0) is 55.3 Å². The largest absolute Gasteiger partial charge is 0.334 e. The van der Waals surface area contributed by atoms with Crippen LogP contribution in [0.3, 0.4) is 0 Å². The van der Waals surface area contributed by atoms with Gasteiger partial charge in [-0.3, -0.25) is 0 Å². The zero-order valence-electron chi connectivity index (χ0n) is 16.1. The van der Waals surface area contributed by atoms with Gasteiger partial charge < -0.3 is 4.52 Å².